The summed E-state index contributed by atoms with van der Waals surface area (Å²) in [5, 5.41) is 9.76. The summed E-state index contributed by atoms with van der Waals surface area (Å²) in [6, 6.07) is 16.8. The van der Waals surface area contributed by atoms with Gasteiger partial charge >= 0.3 is 0 Å². The molecule has 1 atom stereocenters. The summed E-state index contributed by atoms with van der Waals surface area (Å²) >= 11 is 0. The van der Waals surface area contributed by atoms with E-state index in [4.69, 9.17) is 19.9 Å². The van der Waals surface area contributed by atoms with Crippen LogP contribution in [0.15, 0.2) is 60.8 Å². The number of amides is 1. The predicted octanol–water partition coefficient (Wildman–Crippen LogP) is 2.77. The lowest BCUT2D eigenvalue weighted by molar-refractivity contribution is -0.0107. The van der Waals surface area contributed by atoms with E-state index in [0.717, 1.165) is 44.1 Å². The summed E-state index contributed by atoms with van der Waals surface area (Å²) in [6.07, 6.45) is 1.71. The van der Waals surface area contributed by atoms with E-state index >= 15 is 0 Å². The van der Waals surface area contributed by atoms with Gasteiger partial charge in [0.25, 0.3) is 5.91 Å². The Bertz CT molecular complexity index is 1080. The molecular formula is C25H30N4O5. The maximum Gasteiger partial charge on any atom is 0.253 e. The summed E-state index contributed by atoms with van der Waals surface area (Å²) in [4.78, 5) is 14.6. The molecule has 1 saturated heterocycles. The van der Waals surface area contributed by atoms with Crippen molar-refractivity contribution in [3.05, 3.63) is 66.4 Å². The van der Waals surface area contributed by atoms with Gasteiger partial charge in [0.2, 0.25) is 0 Å². The van der Waals surface area contributed by atoms with Gasteiger partial charge in [0.1, 0.15) is 24.3 Å². The molecule has 0 spiro atoms. The number of nitrogens with zero attached hydrogens (tertiary/aromatic N) is 2. The molecule has 34 heavy (non-hydrogen) atoms. The van der Waals surface area contributed by atoms with Crippen molar-refractivity contribution in [2.75, 3.05) is 52.0 Å². The molecule has 4 N–H and O–H groups in total. The topological polar surface area (TPSA) is 111 Å². The van der Waals surface area contributed by atoms with Crippen molar-refractivity contribution in [2.24, 2.45) is 5.73 Å². The van der Waals surface area contributed by atoms with E-state index in [0.29, 0.717) is 17.9 Å². The summed E-state index contributed by atoms with van der Waals surface area (Å²) < 4.78 is 18.6. The molecule has 3 aromatic rings. The minimum absolute atomic E-state index is 0.0580. The van der Waals surface area contributed by atoms with Gasteiger partial charge in [-0.1, -0.05) is 30.3 Å². The average molecular weight is 467 g/mol. The Morgan fingerprint density at radius 2 is 1.85 bits per heavy atom. The van der Waals surface area contributed by atoms with Crippen LogP contribution in [0.5, 0.6) is 5.75 Å². The van der Waals surface area contributed by atoms with Crippen molar-refractivity contribution in [3.63, 3.8) is 0 Å². The number of nitrogens with two attached hydrogens (primary N) is 1. The normalized spacial score (nSPS) is 15.1. The van der Waals surface area contributed by atoms with Gasteiger partial charge in [-0.2, -0.15) is 0 Å². The number of methoxy groups -OCH3 is 1. The van der Waals surface area contributed by atoms with Crippen molar-refractivity contribution in [2.45, 2.75) is 6.10 Å². The minimum atomic E-state index is -0.646. The quantitative estimate of drug-likeness (QED) is 0.394. The van der Waals surface area contributed by atoms with Gasteiger partial charge in [-0.15, -0.1) is 0 Å². The number of morpholine rings is 1. The van der Waals surface area contributed by atoms with E-state index in [1.807, 2.05) is 54.6 Å². The molecule has 0 bridgehead atoms. The lowest BCUT2D eigenvalue weighted by Crippen LogP contribution is -2.43. The lowest BCUT2D eigenvalue weighted by atomic mass is 10.0. The molecule has 0 radical (unpaired) electrons. The smallest absolute Gasteiger partial charge is 0.253 e. The van der Waals surface area contributed by atoms with Crippen molar-refractivity contribution < 1.29 is 24.2 Å². The number of hydrogen-bond acceptors (Lipinski definition) is 7. The van der Waals surface area contributed by atoms with Gasteiger partial charge in [-0.25, -0.2) is 0 Å². The minimum Gasteiger partial charge on any atom is -0.491 e. The molecule has 9 nitrogen and oxygen atoms in total. The molecule has 1 aliphatic heterocycles. The molecule has 0 saturated carbocycles. The lowest BCUT2D eigenvalue weighted by Gasteiger charge is -2.29. The molecular weight excluding hydrogens is 436 g/mol. The molecule has 2 heterocycles. The molecule has 4 rings (SSSR count). The number of benzene rings is 2. The monoisotopic (exact) mass is 466 g/mol. The molecule has 1 unspecified atom stereocenters. The van der Waals surface area contributed by atoms with Crippen LogP contribution in [0.2, 0.25) is 0 Å². The fourth-order valence-corrected chi connectivity index (χ4v) is 4.06. The first-order valence-corrected chi connectivity index (χ1v) is 11.2. The molecule has 2 aromatic carbocycles. The van der Waals surface area contributed by atoms with Crippen LogP contribution in [-0.2, 0) is 9.47 Å². The first kappa shape index (κ1) is 23.8. The van der Waals surface area contributed by atoms with Crippen LogP contribution < -0.4 is 16.0 Å². The zero-order valence-corrected chi connectivity index (χ0v) is 19.1. The zero-order valence-electron chi connectivity index (χ0n) is 19.1. The molecule has 1 aliphatic rings. The Kier molecular flexibility index (Phi) is 7.81. The number of rotatable bonds is 10. The number of carbonyl (C=O) groups excluding carboxylic acids is 1. The van der Waals surface area contributed by atoms with Crippen molar-refractivity contribution in [1.29, 1.82) is 0 Å². The zero-order chi connectivity index (χ0) is 23.9. The largest absolute Gasteiger partial charge is 0.491 e. The highest BCUT2D eigenvalue weighted by atomic mass is 16.5. The standard InChI is InChI=1S/C25H30N4O5/c1-32-21(15-28-11-13-33-14-12-28)17-34-20-9-7-18(8-10-20)22-16-29(19-5-3-2-4-6-19)25(27-31)23(22)24(26)30/h2-10,16,21,27,31H,11-15,17H2,1H3,(H2,26,30). The van der Waals surface area contributed by atoms with Crippen LogP contribution in [0.1, 0.15) is 10.4 Å². The van der Waals surface area contributed by atoms with E-state index in [1.165, 1.54) is 0 Å². The fraction of sp³-hybridized carbons (Fsp3) is 0.320. The van der Waals surface area contributed by atoms with Crippen LogP contribution >= 0.6 is 0 Å². The Balaban J connectivity index is 1.51. The fourth-order valence-electron chi connectivity index (χ4n) is 4.06. The third-order valence-electron chi connectivity index (χ3n) is 5.89. The van der Waals surface area contributed by atoms with Crippen LogP contribution in [0.4, 0.5) is 5.82 Å². The number of aromatic nitrogens is 1. The number of anilines is 1. The Hall–Kier alpha value is -3.37. The molecule has 1 aromatic heterocycles. The van der Waals surface area contributed by atoms with E-state index in [1.54, 1.807) is 17.9 Å². The summed E-state index contributed by atoms with van der Waals surface area (Å²) in [5.74, 6) is 0.254. The van der Waals surface area contributed by atoms with Crippen molar-refractivity contribution >= 4 is 11.7 Å². The van der Waals surface area contributed by atoms with Crippen LogP contribution in [0, 0.1) is 0 Å². The molecule has 1 amide bonds. The number of primary amides is 1. The summed E-state index contributed by atoms with van der Waals surface area (Å²) in [7, 11) is 1.69. The second-order valence-electron chi connectivity index (χ2n) is 8.05. The van der Waals surface area contributed by atoms with Gasteiger partial charge in [0, 0.05) is 44.2 Å². The number of ether oxygens (including phenoxy) is 3. The van der Waals surface area contributed by atoms with E-state index in [-0.39, 0.29) is 17.5 Å². The molecule has 0 aliphatic carbocycles. The number of hydrogen-bond donors (Lipinski definition) is 3. The third-order valence-corrected chi connectivity index (χ3v) is 5.89. The number of carbonyl (C=O) groups is 1. The first-order valence-electron chi connectivity index (χ1n) is 11.2. The maximum absolute atomic E-state index is 12.3. The van der Waals surface area contributed by atoms with Gasteiger partial charge in [-0.3, -0.25) is 20.4 Å². The van der Waals surface area contributed by atoms with Crippen molar-refractivity contribution in [1.82, 2.24) is 9.47 Å². The van der Waals surface area contributed by atoms with Crippen LogP contribution in [0.3, 0.4) is 0 Å². The third kappa shape index (κ3) is 5.40. The second-order valence-corrected chi connectivity index (χ2v) is 8.05. The second kappa shape index (κ2) is 11.2. The molecule has 180 valence electrons. The summed E-state index contributed by atoms with van der Waals surface area (Å²) in [6.45, 7) is 4.47. The van der Waals surface area contributed by atoms with Crippen LogP contribution in [0.25, 0.3) is 16.8 Å². The Morgan fingerprint density at radius 3 is 2.47 bits per heavy atom. The molecule has 1 fully saturated rings. The van der Waals surface area contributed by atoms with Gasteiger partial charge < -0.3 is 24.5 Å². The van der Waals surface area contributed by atoms with Gasteiger partial charge in [-0.05, 0) is 29.8 Å². The highest BCUT2D eigenvalue weighted by Crippen LogP contribution is 2.34. The van der Waals surface area contributed by atoms with E-state index in [2.05, 4.69) is 10.4 Å². The average Bonchev–Trinajstić information content (AvgIpc) is 3.28. The number of nitrogens with one attached hydrogen (secondary N) is 1. The van der Waals surface area contributed by atoms with Gasteiger partial charge in [0.05, 0.1) is 18.8 Å². The first-order chi connectivity index (χ1) is 16.6. The highest BCUT2D eigenvalue weighted by molar-refractivity contribution is 6.05. The SMILES string of the molecule is COC(COc1ccc(-c2cn(-c3ccccc3)c(NO)c2C(N)=O)cc1)CN1CCOCC1. The van der Waals surface area contributed by atoms with Crippen LogP contribution in [-0.4, -0.2) is 73.3 Å². The summed E-state index contributed by atoms with van der Waals surface area (Å²) in [5.41, 5.74) is 10.1. The number of para-hydroxylation sites is 1. The van der Waals surface area contributed by atoms with E-state index in [9.17, 15) is 10.0 Å². The van der Waals surface area contributed by atoms with Crippen molar-refractivity contribution in [3.8, 4) is 22.6 Å². The highest BCUT2D eigenvalue weighted by Gasteiger charge is 2.22. The molecule has 9 heteroatoms. The Labute approximate surface area is 198 Å². The van der Waals surface area contributed by atoms with E-state index < -0.39 is 5.91 Å². The predicted molar refractivity (Wildman–Crippen MR) is 129 cm³/mol. The maximum atomic E-state index is 12.3. The van der Waals surface area contributed by atoms with Gasteiger partial charge in [0.15, 0.2) is 0 Å². The Morgan fingerprint density at radius 1 is 1.15 bits per heavy atom.